The van der Waals surface area contributed by atoms with Gasteiger partial charge in [0.2, 0.25) is 0 Å². The molecule has 2 aliphatic rings. The normalized spacial score (nSPS) is 18.7. The Balaban J connectivity index is 2.25. The van der Waals surface area contributed by atoms with E-state index in [-0.39, 0.29) is 5.56 Å². The molecule has 5 heteroatoms. The number of aryl methyl sites for hydroxylation is 1. The van der Waals surface area contributed by atoms with Crippen LogP contribution in [0.3, 0.4) is 0 Å². The van der Waals surface area contributed by atoms with Crippen LogP contribution in [0, 0.1) is 0 Å². The summed E-state index contributed by atoms with van der Waals surface area (Å²) >= 11 is 0. The summed E-state index contributed by atoms with van der Waals surface area (Å²) in [5, 5.41) is 2.21. The number of pyridine rings is 1. The largest absolute Gasteiger partial charge is 0.325 e. The van der Waals surface area contributed by atoms with E-state index >= 15 is 0 Å². The predicted octanol–water partition coefficient (Wildman–Crippen LogP) is 0.917. The van der Waals surface area contributed by atoms with Crippen molar-refractivity contribution in [3.8, 4) is 0 Å². The third-order valence-electron chi connectivity index (χ3n) is 3.69. The Morgan fingerprint density at radius 3 is 2.22 bits per heavy atom. The van der Waals surface area contributed by atoms with Gasteiger partial charge in [-0.3, -0.25) is 19.7 Å². The van der Waals surface area contributed by atoms with Crippen LogP contribution >= 0.6 is 0 Å². The average molecular weight is 246 g/mol. The number of aromatic amines is 1. The fraction of sp³-hybridized carbons (Fsp3) is 0.462. The molecule has 5 nitrogen and oxygen atoms in total. The van der Waals surface area contributed by atoms with Crippen molar-refractivity contribution in [2.75, 3.05) is 0 Å². The lowest BCUT2D eigenvalue weighted by Gasteiger charge is -2.15. The zero-order valence-electron chi connectivity index (χ0n) is 9.97. The van der Waals surface area contributed by atoms with Crippen LogP contribution in [0.5, 0.6) is 0 Å². The first-order valence-electron chi connectivity index (χ1n) is 6.32. The van der Waals surface area contributed by atoms with Crippen molar-refractivity contribution >= 4 is 11.8 Å². The van der Waals surface area contributed by atoms with Crippen molar-refractivity contribution in [2.45, 2.75) is 38.5 Å². The molecule has 2 heterocycles. The average Bonchev–Trinajstić information content (AvgIpc) is 2.58. The van der Waals surface area contributed by atoms with Crippen LogP contribution in [0.2, 0.25) is 0 Å². The molecule has 0 aromatic carbocycles. The molecular formula is C13H14N2O3. The molecule has 2 amide bonds. The first-order chi connectivity index (χ1) is 8.68. The number of amides is 2. The summed E-state index contributed by atoms with van der Waals surface area (Å²) in [5.74, 6) is -0.987. The standard InChI is InChI=1S/C13H14N2O3/c16-11-9-7-5-3-1-2-4-6-8(7)14-12(17)10(9)13(18)15-11/h1-6H2,(H,14,17)(H,15,16,18). The van der Waals surface area contributed by atoms with Gasteiger partial charge in [-0.1, -0.05) is 12.8 Å². The van der Waals surface area contributed by atoms with E-state index in [1.165, 1.54) is 0 Å². The highest BCUT2D eigenvalue weighted by Gasteiger charge is 2.33. The third kappa shape index (κ3) is 1.58. The molecule has 0 fully saturated rings. The van der Waals surface area contributed by atoms with Crippen LogP contribution in [-0.2, 0) is 12.8 Å². The minimum absolute atomic E-state index is 0.000626. The minimum atomic E-state index is -0.568. The second-order valence-electron chi connectivity index (χ2n) is 4.86. The van der Waals surface area contributed by atoms with Crippen LogP contribution in [-0.4, -0.2) is 16.8 Å². The highest BCUT2D eigenvalue weighted by Crippen LogP contribution is 2.24. The number of carbonyl (C=O) groups is 2. The molecule has 18 heavy (non-hydrogen) atoms. The maximum Gasteiger partial charge on any atom is 0.264 e. The summed E-state index contributed by atoms with van der Waals surface area (Å²) in [7, 11) is 0. The SMILES string of the molecule is O=C1NC(=O)c2c1c1c([nH]c2=O)CCCCCC1. The predicted molar refractivity (Wildman–Crippen MR) is 64.7 cm³/mol. The number of hydrogen-bond donors (Lipinski definition) is 2. The molecule has 0 unspecified atom stereocenters. The molecular weight excluding hydrogens is 232 g/mol. The number of imide groups is 1. The monoisotopic (exact) mass is 246 g/mol. The summed E-state index contributed by atoms with van der Waals surface area (Å²) in [4.78, 5) is 38.0. The van der Waals surface area contributed by atoms with Crippen LogP contribution in [0.1, 0.15) is 57.7 Å². The van der Waals surface area contributed by atoms with Gasteiger partial charge in [-0.15, -0.1) is 0 Å². The summed E-state index contributed by atoms with van der Waals surface area (Å²) in [6, 6.07) is 0. The lowest BCUT2D eigenvalue weighted by atomic mass is 9.92. The molecule has 3 rings (SSSR count). The second-order valence-corrected chi connectivity index (χ2v) is 4.86. The van der Waals surface area contributed by atoms with E-state index in [9.17, 15) is 14.4 Å². The molecule has 0 saturated heterocycles. The van der Waals surface area contributed by atoms with Gasteiger partial charge in [0, 0.05) is 5.69 Å². The Hall–Kier alpha value is -1.91. The van der Waals surface area contributed by atoms with Gasteiger partial charge in [-0.2, -0.15) is 0 Å². The van der Waals surface area contributed by atoms with Gasteiger partial charge in [0.1, 0.15) is 5.56 Å². The Labute approximate surface area is 104 Å². The van der Waals surface area contributed by atoms with Crippen molar-refractivity contribution in [2.24, 2.45) is 0 Å². The summed E-state index contributed by atoms with van der Waals surface area (Å²) < 4.78 is 0. The van der Waals surface area contributed by atoms with Crippen molar-refractivity contribution in [3.63, 3.8) is 0 Å². The Morgan fingerprint density at radius 1 is 0.778 bits per heavy atom. The van der Waals surface area contributed by atoms with Gasteiger partial charge in [-0.25, -0.2) is 0 Å². The molecule has 0 bridgehead atoms. The molecule has 1 aromatic rings. The van der Waals surface area contributed by atoms with Crippen molar-refractivity contribution in [1.29, 1.82) is 0 Å². The topological polar surface area (TPSA) is 79.0 Å². The number of fused-ring (bicyclic) bond motifs is 3. The highest BCUT2D eigenvalue weighted by atomic mass is 16.2. The fourth-order valence-electron chi connectivity index (χ4n) is 2.83. The molecule has 0 radical (unpaired) electrons. The lowest BCUT2D eigenvalue weighted by Crippen LogP contribution is -2.23. The smallest absolute Gasteiger partial charge is 0.264 e. The quantitative estimate of drug-likeness (QED) is 0.668. The van der Waals surface area contributed by atoms with E-state index in [2.05, 4.69) is 10.3 Å². The van der Waals surface area contributed by atoms with Crippen LogP contribution in [0.25, 0.3) is 0 Å². The maximum atomic E-state index is 11.9. The number of rotatable bonds is 0. The van der Waals surface area contributed by atoms with Gasteiger partial charge in [-0.05, 0) is 31.2 Å². The van der Waals surface area contributed by atoms with E-state index in [1.54, 1.807) is 0 Å². The molecule has 0 spiro atoms. The fourth-order valence-corrected chi connectivity index (χ4v) is 2.83. The van der Waals surface area contributed by atoms with E-state index in [0.29, 0.717) is 5.56 Å². The summed E-state index contributed by atoms with van der Waals surface area (Å²) in [6.45, 7) is 0. The van der Waals surface area contributed by atoms with Crippen molar-refractivity contribution in [1.82, 2.24) is 10.3 Å². The molecule has 94 valence electrons. The zero-order chi connectivity index (χ0) is 12.7. The van der Waals surface area contributed by atoms with Crippen LogP contribution < -0.4 is 10.9 Å². The number of H-pyrrole nitrogens is 1. The van der Waals surface area contributed by atoms with Crippen LogP contribution in [0.15, 0.2) is 4.79 Å². The van der Waals surface area contributed by atoms with Gasteiger partial charge in [0.25, 0.3) is 17.4 Å². The second kappa shape index (κ2) is 4.08. The number of aromatic nitrogens is 1. The van der Waals surface area contributed by atoms with Gasteiger partial charge >= 0.3 is 0 Å². The number of carbonyl (C=O) groups excluding carboxylic acids is 2. The van der Waals surface area contributed by atoms with Crippen molar-refractivity contribution < 1.29 is 9.59 Å². The van der Waals surface area contributed by atoms with Gasteiger partial charge in [0.05, 0.1) is 5.56 Å². The van der Waals surface area contributed by atoms with Crippen molar-refractivity contribution in [3.05, 3.63) is 32.7 Å². The molecule has 1 aliphatic heterocycles. The zero-order valence-corrected chi connectivity index (χ0v) is 9.97. The first-order valence-corrected chi connectivity index (χ1v) is 6.32. The summed E-state index contributed by atoms with van der Waals surface area (Å²) in [6.07, 6.45) is 5.81. The molecule has 1 aromatic heterocycles. The maximum absolute atomic E-state index is 11.9. The number of nitrogens with one attached hydrogen (secondary N) is 2. The van der Waals surface area contributed by atoms with E-state index in [1.807, 2.05) is 0 Å². The summed E-state index contributed by atoms with van der Waals surface area (Å²) in [5.41, 5.74) is 1.59. The number of hydrogen-bond acceptors (Lipinski definition) is 3. The highest BCUT2D eigenvalue weighted by molar-refractivity contribution is 6.22. The molecule has 2 N–H and O–H groups in total. The van der Waals surface area contributed by atoms with E-state index in [0.717, 1.165) is 49.8 Å². The van der Waals surface area contributed by atoms with E-state index < -0.39 is 17.4 Å². The first kappa shape index (κ1) is 11.2. The minimum Gasteiger partial charge on any atom is -0.325 e. The Bertz CT molecular complexity index is 601. The van der Waals surface area contributed by atoms with Crippen LogP contribution in [0.4, 0.5) is 0 Å². The molecule has 0 saturated carbocycles. The van der Waals surface area contributed by atoms with E-state index in [4.69, 9.17) is 0 Å². The Kier molecular flexibility index (Phi) is 2.54. The molecule has 0 atom stereocenters. The third-order valence-corrected chi connectivity index (χ3v) is 3.69. The van der Waals surface area contributed by atoms with Gasteiger partial charge < -0.3 is 4.98 Å². The lowest BCUT2D eigenvalue weighted by molar-refractivity contribution is 0.0879. The Morgan fingerprint density at radius 2 is 1.44 bits per heavy atom. The van der Waals surface area contributed by atoms with Gasteiger partial charge in [0.15, 0.2) is 0 Å². The molecule has 1 aliphatic carbocycles.